The Labute approximate surface area is 158 Å². The molecule has 0 aliphatic heterocycles. The van der Waals surface area contributed by atoms with Crippen molar-refractivity contribution in [2.45, 2.75) is 75.5 Å². The second-order valence-electron chi connectivity index (χ2n) is 8.81. The molecule has 5 aliphatic carbocycles. The second kappa shape index (κ2) is 6.80. The van der Waals surface area contributed by atoms with Gasteiger partial charge in [-0.25, -0.2) is 4.79 Å². The van der Waals surface area contributed by atoms with Gasteiger partial charge >= 0.3 is 5.97 Å². The van der Waals surface area contributed by atoms with E-state index < -0.39 is 5.97 Å². The molecule has 0 amide bonds. The quantitative estimate of drug-likeness (QED) is 0.730. The van der Waals surface area contributed by atoms with E-state index in [2.05, 4.69) is 5.10 Å². The molecule has 7 heteroatoms. The van der Waals surface area contributed by atoms with Crippen molar-refractivity contribution >= 4 is 17.6 Å². The predicted octanol–water partition coefficient (Wildman–Crippen LogP) is 3.23. The number of nitrogens with two attached hydrogens (primary N) is 1. The topological polar surface area (TPSA) is 101 Å². The van der Waals surface area contributed by atoms with Gasteiger partial charge in [0.2, 0.25) is 0 Å². The highest BCUT2D eigenvalue weighted by molar-refractivity contribution is 6.32. The number of aromatic nitrogens is 2. The monoisotopic (exact) mass is 381 g/mol. The number of hydrogen-bond acceptors (Lipinski definition) is 4. The Balaban J connectivity index is 0.000000130. The number of rotatable bonds is 2. The van der Waals surface area contributed by atoms with Crippen LogP contribution in [0.4, 0.5) is 0 Å². The van der Waals surface area contributed by atoms with Crippen LogP contribution in [0.1, 0.15) is 74.2 Å². The molecule has 2 atom stereocenters. The van der Waals surface area contributed by atoms with Gasteiger partial charge in [-0.15, -0.1) is 0 Å². The molecule has 2 unspecified atom stereocenters. The first-order chi connectivity index (χ1) is 12.4. The lowest BCUT2D eigenvalue weighted by atomic mass is 9.52. The highest BCUT2D eigenvalue weighted by Crippen LogP contribution is 2.54. The Hall–Kier alpha value is -1.11. The van der Waals surface area contributed by atoms with Crippen LogP contribution in [0.15, 0.2) is 6.20 Å². The van der Waals surface area contributed by atoms with Gasteiger partial charge < -0.3 is 15.9 Å². The average Bonchev–Trinajstić information content (AvgIpc) is 3.20. The number of carboxylic acid groups (broad SMARTS) is 1. The zero-order valence-electron chi connectivity index (χ0n) is 15.0. The minimum atomic E-state index is -1.01. The number of carbonyl (C=O) groups is 1. The molecule has 0 saturated heterocycles. The molecule has 26 heavy (non-hydrogen) atoms. The van der Waals surface area contributed by atoms with Crippen LogP contribution >= 0.6 is 11.6 Å². The molecule has 4 bridgehead atoms. The molecule has 144 valence electrons. The van der Waals surface area contributed by atoms with Gasteiger partial charge in [0.25, 0.3) is 0 Å². The summed E-state index contributed by atoms with van der Waals surface area (Å²) in [7, 11) is 0. The van der Waals surface area contributed by atoms with Crippen LogP contribution in [0.3, 0.4) is 0 Å². The summed E-state index contributed by atoms with van der Waals surface area (Å²) in [6, 6.07) is 0.692. The first kappa shape index (κ1) is 18.3. The van der Waals surface area contributed by atoms with Gasteiger partial charge in [-0.1, -0.05) is 24.4 Å². The van der Waals surface area contributed by atoms with Crippen molar-refractivity contribution in [3.8, 4) is 0 Å². The summed E-state index contributed by atoms with van der Waals surface area (Å²) in [5.74, 6) is 1.06. The lowest BCUT2D eigenvalue weighted by Gasteiger charge is -2.57. The van der Waals surface area contributed by atoms with E-state index in [4.69, 9.17) is 22.4 Å². The van der Waals surface area contributed by atoms with Gasteiger partial charge in [0, 0.05) is 6.04 Å². The lowest BCUT2D eigenvalue weighted by Crippen LogP contribution is -2.59. The van der Waals surface area contributed by atoms with E-state index in [0.29, 0.717) is 17.9 Å². The van der Waals surface area contributed by atoms with Gasteiger partial charge in [-0.2, -0.15) is 5.10 Å². The van der Waals surface area contributed by atoms with Crippen LogP contribution in [-0.4, -0.2) is 37.6 Å². The third kappa shape index (κ3) is 3.27. The number of nitrogens with zero attached hydrogens (tertiary/aromatic N) is 2. The van der Waals surface area contributed by atoms with Crippen molar-refractivity contribution in [2.24, 2.45) is 23.5 Å². The van der Waals surface area contributed by atoms with E-state index in [1.807, 2.05) is 0 Å². The van der Waals surface area contributed by atoms with Crippen LogP contribution < -0.4 is 5.73 Å². The summed E-state index contributed by atoms with van der Waals surface area (Å²) >= 11 is 5.92. The molecule has 6 nitrogen and oxygen atoms in total. The fourth-order valence-corrected chi connectivity index (χ4v) is 6.23. The molecule has 1 aromatic rings. The number of hydrogen-bond donors (Lipinski definition) is 3. The van der Waals surface area contributed by atoms with Crippen LogP contribution in [0, 0.1) is 17.8 Å². The Morgan fingerprint density at radius 2 is 1.85 bits per heavy atom. The highest BCUT2D eigenvalue weighted by Gasteiger charge is 2.53. The van der Waals surface area contributed by atoms with Gasteiger partial charge in [0.15, 0.2) is 0 Å². The molecule has 6 rings (SSSR count). The van der Waals surface area contributed by atoms with Gasteiger partial charge in [-0.05, 0) is 62.7 Å². The summed E-state index contributed by atoms with van der Waals surface area (Å²) in [5, 5.41) is 23.2. The fraction of sp³-hybridized carbons (Fsp3) is 0.789. The molecule has 4 N–H and O–H groups in total. The first-order valence-corrected chi connectivity index (χ1v) is 10.2. The van der Waals surface area contributed by atoms with Gasteiger partial charge in [-0.3, -0.25) is 4.68 Å². The van der Waals surface area contributed by atoms with Crippen molar-refractivity contribution in [2.75, 3.05) is 0 Å². The molecule has 5 saturated carbocycles. The SMILES string of the molecule is NC1C2CC3CC1CC(O)(C3)C2.O=C(O)c1cnn(C2CCCC2)c1Cl. The summed E-state index contributed by atoms with van der Waals surface area (Å²) in [4.78, 5) is 10.7. The van der Waals surface area contributed by atoms with Crippen LogP contribution in [0.2, 0.25) is 5.15 Å². The van der Waals surface area contributed by atoms with E-state index >= 15 is 0 Å². The molecular formula is C19H28ClN3O3. The first-order valence-electron chi connectivity index (χ1n) is 9.80. The fourth-order valence-electron chi connectivity index (χ4n) is 5.91. The minimum Gasteiger partial charge on any atom is -0.478 e. The zero-order valence-corrected chi connectivity index (χ0v) is 15.7. The van der Waals surface area contributed by atoms with Crippen LogP contribution in [-0.2, 0) is 0 Å². The van der Waals surface area contributed by atoms with E-state index in [1.54, 1.807) is 4.68 Å². The smallest absolute Gasteiger partial charge is 0.340 e. The normalized spacial score (nSPS) is 38.3. The number of halogens is 1. The summed E-state index contributed by atoms with van der Waals surface area (Å²) in [5.41, 5.74) is 5.91. The molecule has 1 heterocycles. The Kier molecular flexibility index (Phi) is 4.78. The number of aromatic carboxylic acids is 1. The van der Waals surface area contributed by atoms with Crippen LogP contribution in [0.5, 0.6) is 0 Å². The standard InChI is InChI=1S/C10H17NO.C9H11ClN2O2/c11-9-7-1-6-2-8(9)5-10(12,3-6)4-7;10-8-7(9(13)14)5-11-12(8)6-3-1-2-4-6/h6-9,12H,1-5,11H2;5-6H,1-4H2,(H,13,14). The third-order valence-electron chi connectivity index (χ3n) is 6.95. The van der Waals surface area contributed by atoms with Crippen molar-refractivity contribution in [3.63, 3.8) is 0 Å². The molecule has 5 aliphatic rings. The Morgan fingerprint density at radius 3 is 2.35 bits per heavy atom. The maximum absolute atomic E-state index is 10.7. The van der Waals surface area contributed by atoms with E-state index in [9.17, 15) is 9.90 Å². The van der Waals surface area contributed by atoms with Crippen molar-refractivity contribution < 1.29 is 15.0 Å². The maximum atomic E-state index is 10.7. The largest absolute Gasteiger partial charge is 0.478 e. The van der Waals surface area contributed by atoms with Crippen molar-refractivity contribution in [1.29, 1.82) is 0 Å². The van der Waals surface area contributed by atoms with Gasteiger partial charge in [0.05, 0.1) is 17.8 Å². The van der Waals surface area contributed by atoms with Crippen LogP contribution in [0.25, 0.3) is 0 Å². The summed E-state index contributed by atoms with van der Waals surface area (Å²) < 4.78 is 1.64. The Morgan fingerprint density at radius 1 is 1.23 bits per heavy atom. The van der Waals surface area contributed by atoms with E-state index in [-0.39, 0.29) is 22.4 Å². The number of aliphatic hydroxyl groups is 1. The predicted molar refractivity (Wildman–Crippen MR) is 98.2 cm³/mol. The summed E-state index contributed by atoms with van der Waals surface area (Å²) in [6.45, 7) is 0. The Bertz CT molecular complexity index is 670. The van der Waals surface area contributed by atoms with Gasteiger partial charge in [0.1, 0.15) is 10.7 Å². The molecule has 0 radical (unpaired) electrons. The molecule has 0 spiro atoms. The number of carboxylic acids is 1. The third-order valence-corrected chi connectivity index (χ3v) is 7.33. The maximum Gasteiger partial charge on any atom is 0.340 e. The van der Waals surface area contributed by atoms with E-state index in [0.717, 1.165) is 38.0 Å². The highest BCUT2D eigenvalue weighted by atomic mass is 35.5. The molecule has 1 aromatic heterocycles. The van der Waals surface area contributed by atoms with Crippen molar-refractivity contribution in [1.82, 2.24) is 9.78 Å². The summed E-state index contributed by atoms with van der Waals surface area (Å²) in [6.07, 6.45) is 11.4. The lowest BCUT2D eigenvalue weighted by molar-refractivity contribution is -0.132. The molecule has 0 aromatic carbocycles. The zero-order chi connectivity index (χ0) is 18.5. The van der Waals surface area contributed by atoms with Crippen molar-refractivity contribution in [3.05, 3.63) is 16.9 Å². The average molecular weight is 382 g/mol. The molecular weight excluding hydrogens is 354 g/mol. The minimum absolute atomic E-state index is 0.0959. The van der Waals surface area contributed by atoms with E-state index in [1.165, 1.54) is 31.9 Å². The molecule has 5 fully saturated rings. The second-order valence-corrected chi connectivity index (χ2v) is 9.17.